The number of hydrogen-bond acceptors (Lipinski definition) is 5. The minimum atomic E-state index is -0.964. The topological polar surface area (TPSA) is 84.3 Å². The molecule has 0 atom stereocenters. The third-order valence-electron chi connectivity index (χ3n) is 2.76. The first kappa shape index (κ1) is 13.8. The van der Waals surface area contributed by atoms with Crippen LogP contribution in [0.3, 0.4) is 0 Å². The number of benzene rings is 1. The van der Waals surface area contributed by atoms with Gasteiger partial charge >= 0.3 is 5.97 Å². The van der Waals surface area contributed by atoms with Crippen LogP contribution in [0.2, 0.25) is 0 Å². The first-order valence-corrected chi connectivity index (χ1v) is 6.00. The molecule has 1 aromatic heterocycles. The van der Waals surface area contributed by atoms with Gasteiger partial charge in [0.2, 0.25) is 11.8 Å². The Labute approximate surface area is 116 Å². The third-order valence-corrected chi connectivity index (χ3v) is 2.76. The fourth-order valence-corrected chi connectivity index (χ4v) is 1.76. The maximum atomic E-state index is 11.1. The number of carbonyl (C=O) groups is 1. The molecule has 0 radical (unpaired) electrons. The molecule has 0 amide bonds. The minimum absolute atomic E-state index is 0.245. The quantitative estimate of drug-likeness (QED) is 0.890. The standard InChI is InChI=1S/C14H15N3O3/c1-8-4-5-10(7-11(8)13(18)19)16-14-15-9(2)6-12(17-14)20-3/h4-7H,1-3H3,(H,18,19)(H,15,16,17). The van der Waals surface area contributed by atoms with Crippen LogP contribution in [0.5, 0.6) is 5.88 Å². The van der Waals surface area contributed by atoms with Crippen molar-refractivity contribution in [2.45, 2.75) is 13.8 Å². The summed E-state index contributed by atoms with van der Waals surface area (Å²) in [6.45, 7) is 3.58. The molecule has 0 aliphatic rings. The van der Waals surface area contributed by atoms with Crippen LogP contribution in [0.1, 0.15) is 21.6 Å². The SMILES string of the molecule is COc1cc(C)nc(Nc2ccc(C)c(C(=O)O)c2)n1. The van der Waals surface area contributed by atoms with Crippen LogP contribution < -0.4 is 10.1 Å². The van der Waals surface area contributed by atoms with Crippen LogP contribution >= 0.6 is 0 Å². The van der Waals surface area contributed by atoms with Crippen LogP contribution in [0.25, 0.3) is 0 Å². The Morgan fingerprint density at radius 1 is 1.25 bits per heavy atom. The number of nitrogens with one attached hydrogen (secondary N) is 1. The molecular weight excluding hydrogens is 258 g/mol. The Morgan fingerprint density at radius 2 is 2.00 bits per heavy atom. The highest BCUT2D eigenvalue weighted by Gasteiger charge is 2.09. The molecule has 2 N–H and O–H groups in total. The molecule has 0 spiro atoms. The highest BCUT2D eigenvalue weighted by Crippen LogP contribution is 2.20. The molecule has 0 aliphatic heterocycles. The van der Waals surface area contributed by atoms with Gasteiger partial charge in [0.15, 0.2) is 0 Å². The lowest BCUT2D eigenvalue weighted by Gasteiger charge is -2.09. The van der Waals surface area contributed by atoms with E-state index in [1.807, 2.05) is 6.92 Å². The van der Waals surface area contributed by atoms with Gasteiger partial charge in [0.25, 0.3) is 0 Å². The summed E-state index contributed by atoms with van der Waals surface area (Å²) in [5.41, 5.74) is 2.31. The average molecular weight is 273 g/mol. The molecule has 2 rings (SSSR count). The second-order valence-electron chi connectivity index (χ2n) is 4.34. The van der Waals surface area contributed by atoms with Gasteiger partial charge in [-0.25, -0.2) is 9.78 Å². The second kappa shape index (κ2) is 5.56. The number of methoxy groups -OCH3 is 1. The number of ether oxygens (including phenoxy) is 1. The summed E-state index contributed by atoms with van der Waals surface area (Å²) >= 11 is 0. The Hall–Kier alpha value is -2.63. The number of carboxylic acids is 1. The normalized spacial score (nSPS) is 10.2. The zero-order valence-corrected chi connectivity index (χ0v) is 11.5. The van der Waals surface area contributed by atoms with Gasteiger partial charge in [-0.3, -0.25) is 0 Å². The lowest BCUT2D eigenvalue weighted by molar-refractivity contribution is 0.0696. The Morgan fingerprint density at radius 3 is 2.65 bits per heavy atom. The third kappa shape index (κ3) is 3.03. The summed E-state index contributed by atoms with van der Waals surface area (Å²) in [4.78, 5) is 19.5. The predicted molar refractivity (Wildman–Crippen MR) is 74.7 cm³/mol. The molecule has 0 unspecified atom stereocenters. The zero-order valence-electron chi connectivity index (χ0n) is 11.5. The smallest absolute Gasteiger partial charge is 0.336 e. The van der Waals surface area contributed by atoms with Gasteiger partial charge < -0.3 is 15.2 Å². The molecule has 0 saturated carbocycles. The van der Waals surface area contributed by atoms with Crippen LogP contribution in [0.4, 0.5) is 11.6 Å². The van der Waals surface area contributed by atoms with E-state index in [1.54, 1.807) is 31.2 Å². The van der Waals surface area contributed by atoms with Gasteiger partial charge in [0.05, 0.1) is 12.7 Å². The van der Waals surface area contributed by atoms with E-state index in [-0.39, 0.29) is 5.56 Å². The molecule has 20 heavy (non-hydrogen) atoms. The van der Waals surface area contributed by atoms with E-state index in [2.05, 4.69) is 15.3 Å². The number of anilines is 2. The summed E-state index contributed by atoms with van der Waals surface area (Å²) in [7, 11) is 1.53. The van der Waals surface area contributed by atoms with Gasteiger partial charge in [-0.1, -0.05) is 6.07 Å². The fraction of sp³-hybridized carbons (Fsp3) is 0.214. The first-order valence-electron chi connectivity index (χ1n) is 6.00. The molecule has 0 fully saturated rings. The number of rotatable bonds is 4. The largest absolute Gasteiger partial charge is 0.481 e. The van der Waals surface area contributed by atoms with Crippen molar-refractivity contribution in [1.29, 1.82) is 0 Å². The first-order chi connectivity index (χ1) is 9.49. The van der Waals surface area contributed by atoms with Gasteiger partial charge in [-0.05, 0) is 31.5 Å². The number of aromatic carboxylic acids is 1. The maximum absolute atomic E-state index is 11.1. The van der Waals surface area contributed by atoms with Crippen LogP contribution in [-0.2, 0) is 0 Å². The van der Waals surface area contributed by atoms with E-state index < -0.39 is 5.97 Å². The van der Waals surface area contributed by atoms with Crippen molar-refractivity contribution in [3.8, 4) is 5.88 Å². The average Bonchev–Trinajstić information content (AvgIpc) is 2.40. The van der Waals surface area contributed by atoms with E-state index in [0.29, 0.717) is 23.1 Å². The summed E-state index contributed by atoms with van der Waals surface area (Å²) in [6, 6.07) is 6.78. The highest BCUT2D eigenvalue weighted by molar-refractivity contribution is 5.90. The van der Waals surface area contributed by atoms with E-state index in [0.717, 1.165) is 5.69 Å². The molecule has 0 bridgehead atoms. The number of carboxylic acid groups (broad SMARTS) is 1. The van der Waals surface area contributed by atoms with E-state index in [4.69, 9.17) is 9.84 Å². The van der Waals surface area contributed by atoms with Crippen molar-refractivity contribution in [2.24, 2.45) is 0 Å². The number of aryl methyl sites for hydroxylation is 2. The lowest BCUT2D eigenvalue weighted by atomic mass is 10.1. The second-order valence-corrected chi connectivity index (χ2v) is 4.34. The molecule has 6 heteroatoms. The van der Waals surface area contributed by atoms with Crippen molar-refractivity contribution >= 4 is 17.6 Å². The molecule has 0 saturated heterocycles. The Balaban J connectivity index is 2.32. The van der Waals surface area contributed by atoms with Crippen LogP contribution in [-0.4, -0.2) is 28.2 Å². The van der Waals surface area contributed by atoms with Crippen LogP contribution in [0.15, 0.2) is 24.3 Å². The van der Waals surface area contributed by atoms with Crippen molar-refractivity contribution in [2.75, 3.05) is 12.4 Å². The summed E-state index contributed by atoms with van der Waals surface area (Å²) in [5, 5.41) is 12.1. The Bertz CT molecular complexity index is 656. The number of nitrogens with zero attached hydrogens (tertiary/aromatic N) is 2. The molecular formula is C14H15N3O3. The van der Waals surface area contributed by atoms with Gasteiger partial charge in [-0.15, -0.1) is 0 Å². The van der Waals surface area contributed by atoms with E-state index in [1.165, 1.54) is 7.11 Å². The van der Waals surface area contributed by atoms with Crippen LogP contribution in [0, 0.1) is 13.8 Å². The maximum Gasteiger partial charge on any atom is 0.336 e. The summed E-state index contributed by atoms with van der Waals surface area (Å²) < 4.78 is 5.07. The van der Waals surface area contributed by atoms with Gasteiger partial charge in [0.1, 0.15) is 0 Å². The van der Waals surface area contributed by atoms with Gasteiger partial charge in [-0.2, -0.15) is 4.98 Å². The van der Waals surface area contributed by atoms with Crippen molar-refractivity contribution in [3.63, 3.8) is 0 Å². The lowest BCUT2D eigenvalue weighted by Crippen LogP contribution is -2.03. The fourth-order valence-electron chi connectivity index (χ4n) is 1.76. The number of hydrogen-bond donors (Lipinski definition) is 2. The van der Waals surface area contributed by atoms with Crippen molar-refractivity contribution in [1.82, 2.24) is 9.97 Å². The highest BCUT2D eigenvalue weighted by atomic mass is 16.5. The molecule has 0 aliphatic carbocycles. The molecule has 1 aromatic carbocycles. The monoisotopic (exact) mass is 273 g/mol. The summed E-state index contributed by atoms with van der Waals surface area (Å²) in [5.74, 6) is -0.151. The molecule has 104 valence electrons. The predicted octanol–water partition coefficient (Wildman–Crippen LogP) is 2.54. The van der Waals surface area contributed by atoms with E-state index in [9.17, 15) is 4.79 Å². The molecule has 2 aromatic rings. The Kier molecular flexibility index (Phi) is 3.84. The van der Waals surface area contributed by atoms with Crippen molar-refractivity contribution < 1.29 is 14.6 Å². The number of aromatic nitrogens is 2. The van der Waals surface area contributed by atoms with Gasteiger partial charge in [0, 0.05) is 17.4 Å². The summed E-state index contributed by atoms with van der Waals surface area (Å²) in [6.07, 6.45) is 0. The molecule has 1 heterocycles. The minimum Gasteiger partial charge on any atom is -0.481 e. The molecule has 6 nitrogen and oxygen atoms in total. The van der Waals surface area contributed by atoms with Crippen molar-refractivity contribution in [3.05, 3.63) is 41.1 Å². The van der Waals surface area contributed by atoms with E-state index >= 15 is 0 Å². The zero-order chi connectivity index (χ0) is 14.7.